The predicted octanol–water partition coefficient (Wildman–Crippen LogP) is 2.20. The Morgan fingerprint density at radius 2 is 1.89 bits per heavy atom. The van der Waals surface area contributed by atoms with Gasteiger partial charge in [-0.05, 0) is 64.0 Å². The van der Waals surface area contributed by atoms with Gasteiger partial charge in [-0.3, -0.25) is 14.7 Å². The molecule has 1 aliphatic heterocycles. The number of piperazine rings is 1. The summed E-state index contributed by atoms with van der Waals surface area (Å²) in [6, 6.07) is 4.32. The summed E-state index contributed by atoms with van der Waals surface area (Å²) in [5.74, 6) is 0.184. The van der Waals surface area contributed by atoms with E-state index < -0.39 is 0 Å². The van der Waals surface area contributed by atoms with Crippen molar-refractivity contribution in [1.82, 2.24) is 20.1 Å². The molecule has 2 heterocycles. The first-order valence-corrected chi connectivity index (χ1v) is 10.3. The van der Waals surface area contributed by atoms with Gasteiger partial charge in [-0.1, -0.05) is 6.07 Å². The first-order chi connectivity index (χ1) is 13.0. The van der Waals surface area contributed by atoms with Crippen LogP contribution in [0.15, 0.2) is 12.1 Å². The Kier molecular flexibility index (Phi) is 6.83. The lowest BCUT2D eigenvalue weighted by Crippen LogP contribution is -2.54. The summed E-state index contributed by atoms with van der Waals surface area (Å²) in [6.45, 7) is 7.10. The minimum Gasteiger partial charge on any atom is -0.338 e. The number of ketones is 1. The number of fused-ring (bicyclic) bond motifs is 1. The van der Waals surface area contributed by atoms with E-state index in [4.69, 9.17) is 4.98 Å². The van der Waals surface area contributed by atoms with Crippen molar-refractivity contribution in [2.75, 3.05) is 32.7 Å². The topological polar surface area (TPSA) is 65.5 Å². The highest BCUT2D eigenvalue weighted by Gasteiger charge is 2.25. The molecule has 1 aromatic rings. The highest BCUT2D eigenvalue weighted by Crippen LogP contribution is 2.19. The Bertz CT molecular complexity index is 668. The predicted molar refractivity (Wildman–Crippen MR) is 106 cm³/mol. The fraction of sp³-hybridized carbons (Fsp3) is 0.667. The molecule has 0 aromatic carbocycles. The summed E-state index contributed by atoms with van der Waals surface area (Å²) in [7, 11) is 0. The Labute approximate surface area is 162 Å². The number of hydrogen-bond acceptors (Lipinski definition) is 4. The van der Waals surface area contributed by atoms with Crippen LogP contribution in [0, 0.1) is 0 Å². The molecule has 0 radical (unpaired) electrons. The van der Waals surface area contributed by atoms with E-state index in [0.29, 0.717) is 19.6 Å². The molecule has 0 bridgehead atoms. The summed E-state index contributed by atoms with van der Waals surface area (Å²) in [6.07, 6.45) is 6.60. The minimum absolute atomic E-state index is 0.00327. The van der Waals surface area contributed by atoms with Crippen LogP contribution in [-0.2, 0) is 24.1 Å². The summed E-state index contributed by atoms with van der Waals surface area (Å²) in [4.78, 5) is 32.6. The lowest BCUT2D eigenvalue weighted by atomic mass is 9.95. The van der Waals surface area contributed by atoms with Gasteiger partial charge in [-0.2, -0.15) is 0 Å². The molecule has 1 aromatic heterocycles. The van der Waals surface area contributed by atoms with Crippen LogP contribution in [0.3, 0.4) is 0 Å². The lowest BCUT2D eigenvalue weighted by Gasteiger charge is -2.37. The third kappa shape index (κ3) is 5.28. The normalized spacial score (nSPS) is 18.7. The molecule has 1 aliphatic carbocycles. The molecule has 2 aliphatic rings. The molecule has 2 amide bonds. The van der Waals surface area contributed by atoms with Gasteiger partial charge >= 0.3 is 6.03 Å². The van der Waals surface area contributed by atoms with E-state index in [1.807, 2.05) is 11.8 Å². The van der Waals surface area contributed by atoms with Gasteiger partial charge in [0.2, 0.25) is 0 Å². The lowest BCUT2D eigenvalue weighted by molar-refractivity contribution is -0.122. The number of aromatic nitrogens is 1. The van der Waals surface area contributed by atoms with E-state index >= 15 is 0 Å². The molecule has 6 nitrogen and oxygen atoms in total. The Balaban J connectivity index is 1.36. The molecule has 1 unspecified atom stereocenters. The number of nitrogens with zero attached hydrogens (tertiary/aromatic N) is 3. The molecule has 0 spiro atoms. The van der Waals surface area contributed by atoms with E-state index in [9.17, 15) is 9.59 Å². The van der Waals surface area contributed by atoms with Crippen LogP contribution in [0.5, 0.6) is 0 Å². The first kappa shape index (κ1) is 19.8. The van der Waals surface area contributed by atoms with Gasteiger partial charge in [-0.25, -0.2) is 4.79 Å². The van der Waals surface area contributed by atoms with Gasteiger partial charge in [-0.15, -0.1) is 0 Å². The Morgan fingerprint density at radius 1 is 1.15 bits per heavy atom. The van der Waals surface area contributed by atoms with Crippen LogP contribution >= 0.6 is 0 Å². The smallest absolute Gasteiger partial charge is 0.317 e. The van der Waals surface area contributed by atoms with Crippen LogP contribution in [-0.4, -0.2) is 65.4 Å². The van der Waals surface area contributed by atoms with Gasteiger partial charge in [0.05, 0.1) is 6.04 Å². The van der Waals surface area contributed by atoms with Gasteiger partial charge in [0, 0.05) is 44.1 Å². The second-order valence-electron chi connectivity index (χ2n) is 7.76. The summed E-state index contributed by atoms with van der Waals surface area (Å²) >= 11 is 0. The molecule has 27 heavy (non-hydrogen) atoms. The Morgan fingerprint density at radius 3 is 2.63 bits per heavy atom. The number of amides is 2. The fourth-order valence-corrected chi connectivity index (χ4v) is 3.91. The minimum atomic E-state index is -0.0562. The first-order valence-electron chi connectivity index (χ1n) is 10.3. The fourth-order valence-electron chi connectivity index (χ4n) is 3.91. The van der Waals surface area contributed by atoms with Crippen LogP contribution in [0.25, 0.3) is 0 Å². The van der Waals surface area contributed by atoms with Crippen molar-refractivity contribution >= 4 is 11.8 Å². The number of hydrogen-bond donors (Lipinski definition) is 1. The number of nitrogens with one attached hydrogen (secondary N) is 1. The molecule has 1 saturated heterocycles. The zero-order valence-corrected chi connectivity index (χ0v) is 16.7. The standard InChI is InChI=1S/C21H32N4O2/c1-16(17(2)26)24-12-14-25(15-13-24)21(27)22-11-5-7-19-10-9-18-6-3-4-8-20(18)23-19/h9-10,16H,3-8,11-15H2,1-2H3,(H,22,27). The second-order valence-corrected chi connectivity index (χ2v) is 7.76. The number of rotatable bonds is 6. The van der Waals surface area contributed by atoms with Crippen molar-refractivity contribution < 1.29 is 9.59 Å². The van der Waals surface area contributed by atoms with Crippen molar-refractivity contribution in [3.05, 3.63) is 29.1 Å². The van der Waals surface area contributed by atoms with Crippen molar-refractivity contribution in [2.45, 2.75) is 58.4 Å². The maximum absolute atomic E-state index is 12.3. The van der Waals surface area contributed by atoms with E-state index in [1.54, 1.807) is 6.92 Å². The molecule has 1 fully saturated rings. The number of pyridine rings is 1. The third-order valence-corrected chi connectivity index (χ3v) is 5.86. The zero-order chi connectivity index (χ0) is 19.2. The van der Waals surface area contributed by atoms with E-state index in [-0.39, 0.29) is 17.9 Å². The SMILES string of the molecule is CC(=O)C(C)N1CCN(C(=O)NCCCc2ccc3c(n2)CCCC3)CC1. The summed E-state index contributed by atoms with van der Waals surface area (Å²) < 4.78 is 0. The van der Waals surface area contributed by atoms with Gasteiger partial charge < -0.3 is 10.2 Å². The maximum Gasteiger partial charge on any atom is 0.317 e. The van der Waals surface area contributed by atoms with Crippen LogP contribution in [0.1, 0.15) is 50.1 Å². The molecular formula is C21H32N4O2. The van der Waals surface area contributed by atoms with Crippen molar-refractivity contribution in [3.63, 3.8) is 0 Å². The molecule has 1 N–H and O–H groups in total. The third-order valence-electron chi connectivity index (χ3n) is 5.86. The largest absolute Gasteiger partial charge is 0.338 e. The average Bonchev–Trinajstić information content (AvgIpc) is 2.70. The van der Waals surface area contributed by atoms with Gasteiger partial charge in [0.15, 0.2) is 0 Å². The summed E-state index contributed by atoms with van der Waals surface area (Å²) in [5.41, 5.74) is 3.83. The highest BCUT2D eigenvalue weighted by atomic mass is 16.2. The zero-order valence-electron chi connectivity index (χ0n) is 16.7. The Hall–Kier alpha value is -1.95. The van der Waals surface area contributed by atoms with Crippen LogP contribution < -0.4 is 5.32 Å². The van der Waals surface area contributed by atoms with E-state index in [0.717, 1.165) is 44.5 Å². The number of urea groups is 1. The molecule has 3 rings (SSSR count). The van der Waals surface area contributed by atoms with Crippen LogP contribution in [0.4, 0.5) is 4.79 Å². The number of aryl methyl sites for hydroxylation is 3. The molecule has 1 atom stereocenters. The van der Waals surface area contributed by atoms with Crippen molar-refractivity contribution in [3.8, 4) is 0 Å². The van der Waals surface area contributed by atoms with Crippen molar-refractivity contribution in [2.24, 2.45) is 0 Å². The highest BCUT2D eigenvalue weighted by molar-refractivity contribution is 5.81. The summed E-state index contributed by atoms with van der Waals surface area (Å²) in [5, 5.41) is 3.03. The molecular weight excluding hydrogens is 340 g/mol. The quantitative estimate of drug-likeness (QED) is 0.778. The molecule has 148 valence electrons. The molecule has 0 saturated carbocycles. The van der Waals surface area contributed by atoms with Crippen molar-refractivity contribution in [1.29, 1.82) is 0 Å². The monoisotopic (exact) mass is 372 g/mol. The van der Waals surface area contributed by atoms with Gasteiger partial charge in [0.1, 0.15) is 5.78 Å². The second kappa shape index (κ2) is 9.31. The number of carbonyl (C=O) groups is 2. The maximum atomic E-state index is 12.3. The molecule has 6 heteroatoms. The van der Waals surface area contributed by atoms with E-state index in [1.165, 1.54) is 24.1 Å². The van der Waals surface area contributed by atoms with E-state index in [2.05, 4.69) is 22.3 Å². The number of carbonyl (C=O) groups excluding carboxylic acids is 2. The number of Topliss-reactive ketones (excluding diaryl/α,β-unsaturated/α-hetero) is 1. The average molecular weight is 373 g/mol. The van der Waals surface area contributed by atoms with Gasteiger partial charge in [0.25, 0.3) is 0 Å². The van der Waals surface area contributed by atoms with Crippen LogP contribution in [0.2, 0.25) is 0 Å².